The van der Waals surface area contributed by atoms with Crippen molar-refractivity contribution in [2.45, 2.75) is 13.0 Å². The molecule has 1 amide bonds. The highest BCUT2D eigenvalue weighted by Gasteiger charge is 2.18. The van der Waals surface area contributed by atoms with Gasteiger partial charge in [0.25, 0.3) is 5.91 Å². The van der Waals surface area contributed by atoms with Crippen LogP contribution in [0.5, 0.6) is 0 Å². The molecule has 2 aromatic rings. The van der Waals surface area contributed by atoms with E-state index in [4.69, 9.17) is 15.9 Å². The lowest BCUT2D eigenvalue weighted by atomic mass is 9.97. The number of rotatable bonds is 6. The number of benzene rings is 2. The zero-order chi connectivity index (χ0) is 20.0. The van der Waals surface area contributed by atoms with Crippen LogP contribution in [0.15, 0.2) is 48.7 Å². The summed E-state index contributed by atoms with van der Waals surface area (Å²) in [5.74, 6) is -1.41. The summed E-state index contributed by atoms with van der Waals surface area (Å²) in [6.07, 6.45) is 2.21. The van der Waals surface area contributed by atoms with Crippen LogP contribution in [0, 0.1) is 11.2 Å². The van der Waals surface area contributed by atoms with Gasteiger partial charge in [0.1, 0.15) is 5.82 Å². The summed E-state index contributed by atoms with van der Waals surface area (Å²) < 4.78 is 17.8. The van der Waals surface area contributed by atoms with Gasteiger partial charge in [0.15, 0.2) is 0 Å². The molecule has 0 heterocycles. The molecule has 0 saturated carbocycles. The Bertz CT molecular complexity index is 892. The molecule has 0 aliphatic heterocycles. The van der Waals surface area contributed by atoms with E-state index in [9.17, 15) is 14.0 Å². The molecule has 0 aliphatic rings. The van der Waals surface area contributed by atoms with Crippen molar-refractivity contribution in [1.82, 2.24) is 5.32 Å². The molecule has 2 aromatic carbocycles. The van der Waals surface area contributed by atoms with Gasteiger partial charge in [0.2, 0.25) is 0 Å². The minimum absolute atomic E-state index is 0.125. The minimum atomic E-state index is -0.646. The van der Waals surface area contributed by atoms with Crippen molar-refractivity contribution in [2.75, 3.05) is 7.11 Å². The number of methoxy groups -OCH3 is 1. The Hall–Kier alpha value is -3.48. The van der Waals surface area contributed by atoms with E-state index >= 15 is 0 Å². The maximum absolute atomic E-state index is 13.0. The lowest BCUT2D eigenvalue weighted by molar-refractivity contribution is 0.0600. The molecule has 0 fully saturated rings. The van der Waals surface area contributed by atoms with Crippen LogP contribution in [0.1, 0.15) is 44.8 Å². The van der Waals surface area contributed by atoms with Crippen LogP contribution in [0.3, 0.4) is 0 Å². The highest BCUT2D eigenvalue weighted by molar-refractivity contribution is 6.13. The Kier molecular flexibility index (Phi) is 6.43. The van der Waals surface area contributed by atoms with Crippen molar-refractivity contribution in [3.05, 3.63) is 76.7 Å². The van der Waals surface area contributed by atoms with Crippen molar-refractivity contribution in [3.8, 4) is 0 Å². The molecule has 27 heavy (non-hydrogen) atoms. The number of hydrogen-bond acceptors (Lipinski definition) is 5. The third kappa shape index (κ3) is 4.58. The molecular weight excluding hydrogens is 349 g/mol. The fourth-order valence-electron chi connectivity index (χ4n) is 2.55. The van der Waals surface area contributed by atoms with Gasteiger partial charge in [0.05, 0.1) is 18.7 Å². The quantitative estimate of drug-likeness (QED) is 0.537. The number of hydrogen-bond donors (Lipinski definition) is 3. The lowest BCUT2D eigenvalue weighted by Gasteiger charge is -2.15. The largest absolute Gasteiger partial charge is 0.465 e. The van der Waals surface area contributed by atoms with Crippen LogP contribution in [0.25, 0.3) is 5.57 Å². The molecule has 0 aliphatic carbocycles. The Morgan fingerprint density at radius 3 is 2.41 bits per heavy atom. The molecule has 140 valence electrons. The number of ether oxygens (including phenoxy) is 1. The topological polar surface area (TPSA) is 105 Å². The standard InChI is InChI=1S/C20H20FN3O3/c1-12(13-3-6-16(21)7-4-13)24-19(25)14-5-8-17(15(10-22)11-23)18(9-14)20(26)27-2/h3-12,22H,23H2,1-2H3,(H,24,25)/b15-11+,22-10?/t12-/m1/s1. The lowest BCUT2D eigenvalue weighted by Crippen LogP contribution is -2.27. The summed E-state index contributed by atoms with van der Waals surface area (Å²) in [6.45, 7) is 1.77. The minimum Gasteiger partial charge on any atom is -0.465 e. The highest BCUT2D eigenvalue weighted by Crippen LogP contribution is 2.21. The number of halogens is 1. The van der Waals surface area contributed by atoms with Gasteiger partial charge < -0.3 is 21.2 Å². The van der Waals surface area contributed by atoms with Crippen LogP contribution >= 0.6 is 0 Å². The summed E-state index contributed by atoms with van der Waals surface area (Å²) in [7, 11) is 1.23. The first-order valence-electron chi connectivity index (χ1n) is 8.12. The molecule has 2 rings (SSSR count). The average Bonchev–Trinajstić information content (AvgIpc) is 2.68. The van der Waals surface area contributed by atoms with E-state index in [0.717, 1.165) is 11.8 Å². The molecule has 4 N–H and O–H groups in total. The van der Waals surface area contributed by atoms with Gasteiger partial charge in [-0.2, -0.15) is 0 Å². The second-order valence-corrected chi connectivity index (χ2v) is 5.76. The van der Waals surface area contributed by atoms with Gasteiger partial charge in [0, 0.05) is 23.6 Å². The summed E-state index contributed by atoms with van der Waals surface area (Å²) >= 11 is 0. The SMILES string of the molecule is COC(=O)c1cc(C(=O)N[C@H](C)c2ccc(F)cc2)ccc1/C(C=N)=C/N. The van der Waals surface area contributed by atoms with E-state index < -0.39 is 11.9 Å². The Labute approximate surface area is 156 Å². The molecule has 0 bridgehead atoms. The number of amides is 1. The summed E-state index contributed by atoms with van der Waals surface area (Å²) in [4.78, 5) is 24.6. The highest BCUT2D eigenvalue weighted by atomic mass is 19.1. The van der Waals surface area contributed by atoms with E-state index in [1.54, 1.807) is 19.1 Å². The van der Waals surface area contributed by atoms with E-state index in [2.05, 4.69) is 5.32 Å². The maximum atomic E-state index is 13.0. The average molecular weight is 369 g/mol. The van der Waals surface area contributed by atoms with Crippen molar-refractivity contribution in [2.24, 2.45) is 5.73 Å². The van der Waals surface area contributed by atoms with E-state index in [1.165, 1.54) is 43.6 Å². The van der Waals surface area contributed by atoms with E-state index in [1.807, 2.05) is 0 Å². The second-order valence-electron chi connectivity index (χ2n) is 5.76. The van der Waals surface area contributed by atoms with Crippen molar-refractivity contribution in [1.29, 1.82) is 5.41 Å². The van der Waals surface area contributed by atoms with Crippen molar-refractivity contribution < 1.29 is 18.7 Å². The third-order valence-corrected chi connectivity index (χ3v) is 4.05. The summed E-state index contributed by atoms with van der Waals surface area (Å²) in [5, 5.41) is 10.2. The van der Waals surface area contributed by atoms with E-state index in [-0.39, 0.29) is 23.0 Å². The third-order valence-electron chi connectivity index (χ3n) is 4.05. The van der Waals surface area contributed by atoms with Crippen LogP contribution < -0.4 is 11.1 Å². The number of carbonyl (C=O) groups excluding carboxylic acids is 2. The molecule has 7 heteroatoms. The van der Waals surface area contributed by atoms with Gasteiger partial charge in [-0.25, -0.2) is 9.18 Å². The van der Waals surface area contributed by atoms with E-state index in [0.29, 0.717) is 11.1 Å². The molecule has 6 nitrogen and oxygen atoms in total. The first-order chi connectivity index (χ1) is 12.9. The fourth-order valence-corrected chi connectivity index (χ4v) is 2.55. The predicted molar refractivity (Wildman–Crippen MR) is 101 cm³/mol. The molecular formula is C20H20FN3O3. The molecule has 0 spiro atoms. The number of nitrogens with one attached hydrogen (secondary N) is 2. The van der Waals surface area contributed by atoms with Gasteiger partial charge in [-0.1, -0.05) is 18.2 Å². The van der Waals surface area contributed by atoms with Gasteiger partial charge in [-0.05, 0) is 42.3 Å². The summed E-state index contributed by atoms with van der Waals surface area (Å²) in [5.41, 5.74) is 7.32. The summed E-state index contributed by atoms with van der Waals surface area (Å²) in [6, 6.07) is 9.91. The Morgan fingerprint density at radius 1 is 1.19 bits per heavy atom. The van der Waals surface area contributed by atoms with Crippen LogP contribution in [-0.2, 0) is 4.74 Å². The first-order valence-corrected chi connectivity index (χ1v) is 8.12. The van der Waals surface area contributed by atoms with Crippen molar-refractivity contribution in [3.63, 3.8) is 0 Å². The van der Waals surface area contributed by atoms with Gasteiger partial charge in [-0.3, -0.25) is 4.79 Å². The van der Waals surface area contributed by atoms with Crippen LogP contribution in [0.2, 0.25) is 0 Å². The molecule has 1 atom stereocenters. The van der Waals surface area contributed by atoms with Gasteiger partial charge >= 0.3 is 5.97 Å². The monoisotopic (exact) mass is 369 g/mol. The molecule has 0 unspecified atom stereocenters. The van der Waals surface area contributed by atoms with Gasteiger partial charge in [-0.15, -0.1) is 0 Å². The zero-order valence-electron chi connectivity index (χ0n) is 15.0. The predicted octanol–water partition coefficient (Wildman–Crippen LogP) is 3.05. The smallest absolute Gasteiger partial charge is 0.338 e. The van der Waals surface area contributed by atoms with Crippen LogP contribution in [-0.4, -0.2) is 25.2 Å². The fraction of sp³-hybridized carbons (Fsp3) is 0.150. The Balaban J connectivity index is 2.32. The number of allylic oxidation sites excluding steroid dienone is 1. The first kappa shape index (κ1) is 19.8. The molecule has 0 saturated heterocycles. The second kappa shape index (κ2) is 8.75. The number of nitrogens with two attached hydrogens (primary N) is 1. The number of carbonyl (C=O) groups is 2. The maximum Gasteiger partial charge on any atom is 0.338 e. The van der Waals surface area contributed by atoms with Crippen LogP contribution in [0.4, 0.5) is 4.39 Å². The van der Waals surface area contributed by atoms with Crippen molar-refractivity contribution >= 4 is 23.7 Å². The Morgan fingerprint density at radius 2 is 1.85 bits per heavy atom. The zero-order valence-corrected chi connectivity index (χ0v) is 15.0. The molecule has 0 aromatic heterocycles. The normalized spacial score (nSPS) is 12.2. The number of esters is 1. The molecule has 0 radical (unpaired) electrons.